The third kappa shape index (κ3) is 10.4. The van der Waals surface area contributed by atoms with Gasteiger partial charge in [0.05, 0.1) is 33.1 Å². The fraction of sp³-hybridized carbons (Fsp3) is 0.519. The van der Waals surface area contributed by atoms with Crippen LogP contribution in [0.3, 0.4) is 0 Å². The Morgan fingerprint density at radius 1 is 0.886 bits per heavy atom. The van der Waals surface area contributed by atoms with Crippen LogP contribution in [0.4, 0.5) is 10.5 Å². The number of urea groups is 1. The van der Waals surface area contributed by atoms with Gasteiger partial charge in [-0.3, -0.25) is 0 Å². The Morgan fingerprint density at radius 3 is 2.31 bits per heavy atom. The number of nitrogens with one attached hydrogen (secondary N) is 1. The number of amides is 2. The van der Waals surface area contributed by atoms with E-state index in [-0.39, 0.29) is 12.8 Å². The van der Waals surface area contributed by atoms with E-state index in [1.165, 1.54) is 19.3 Å². The van der Waals surface area contributed by atoms with E-state index in [4.69, 9.17) is 23.7 Å². The molecule has 0 spiro atoms. The van der Waals surface area contributed by atoms with Gasteiger partial charge >= 0.3 is 6.03 Å². The molecule has 1 N–H and O–H groups in total. The molecule has 0 atom stereocenters. The molecule has 2 rings (SSSR count). The van der Waals surface area contributed by atoms with Crippen LogP contribution < -0.4 is 19.5 Å². The Morgan fingerprint density at radius 2 is 1.63 bits per heavy atom. The highest BCUT2D eigenvalue weighted by atomic mass is 16.7. The topological polar surface area (TPSA) is 78.5 Å². The number of hydrogen-bond donors (Lipinski definition) is 1. The van der Waals surface area contributed by atoms with Gasteiger partial charge in [0.1, 0.15) is 17.2 Å². The zero-order valence-corrected chi connectivity index (χ0v) is 21.5. The van der Waals surface area contributed by atoms with E-state index in [1.807, 2.05) is 29.2 Å². The second-order valence-corrected chi connectivity index (χ2v) is 8.14. The van der Waals surface area contributed by atoms with E-state index >= 15 is 0 Å². The summed E-state index contributed by atoms with van der Waals surface area (Å²) in [5, 5.41) is 3.00. The molecular formula is C27H40N2O6. The quantitative estimate of drug-likeness (QED) is 0.227. The van der Waals surface area contributed by atoms with Crippen LogP contribution in [0.25, 0.3) is 0 Å². The Balaban J connectivity index is 2.01. The third-order valence-corrected chi connectivity index (χ3v) is 5.51. The van der Waals surface area contributed by atoms with Crippen LogP contribution in [-0.2, 0) is 16.0 Å². The highest BCUT2D eigenvalue weighted by Gasteiger charge is 2.16. The third-order valence-electron chi connectivity index (χ3n) is 5.51. The normalized spacial score (nSPS) is 10.6. The van der Waals surface area contributed by atoms with Crippen molar-refractivity contribution in [3.63, 3.8) is 0 Å². The number of unbranched alkanes of at least 4 members (excludes halogenated alkanes) is 4. The van der Waals surface area contributed by atoms with Crippen LogP contribution in [0, 0.1) is 0 Å². The average molecular weight is 489 g/mol. The molecule has 0 aromatic heterocycles. The van der Waals surface area contributed by atoms with E-state index in [0.717, 1.165) is 18.4 Å². The smallest absolute Gasteiger partial charge is 0.322 e. The highest BCUT2D eigenvalue weighted by Crippen LogP contribution is 2.29. The molecule has 0 unspecified atom stereocenters. The molecule has 0 saturated carbocycles. The Kier molecular flexibility index (Phi) is 13.4. The summed E-state index contributed by atoms with van der Waals surface area (Å²) in [4.78, 5) is 15.1. The summed E-state index contributed by atoms with van der Waals surface area (Å²) in [5.74, 6) is 1.93. The summed E-state index contributed by atoms with van der Waals surface area (Å²) in [6.07, 6.45) is 5.63. The number of methoxy groups -OCH3 is 3. The van der Waals surface area contributed by atoms with Gasteiger partial charge in [0, 0.05) is 26.3 Å². The lowest BCUT2D eigenvalue weighted by atomic mass is 10.1. The number of carbonyl (C=O) groups is 1. The number of carbonyl (C=O) groups excluding carboxylic acids is 1. The minimum Gasteiger partial charge on any atom is -0.497 e. The second-order valence-electron chi connectivity index (χ2n) is 8.14. The Hall–Kier alpha value is -2.97. The first-order chi connectivity index (χ1) is 17.1. The first-order valence-corrected chi connectivity index (χ1v) is 12.2. The number of anilines is 1. The second kappa shape index (κ2) is 16.6. The SMILES string of the molecule is CCCCCCCN(Cc1ccc(OCOCCOC)cc1)C(=O)Nc1ccc(OC)cc1OC. The number of benzene rings is 2. The minimum absolute atomic E-state index is 0.165. The van der Waals surface area contributed by atoms with Gasteiger partial charge < -0.3 is 33.9 Å². The van der Waals surface area contributed by atoms with Crippen molar-refractivity contribution in [3.05, 3.63) is 48.0 Å². The van der Waals surface area contributed by atoms with Crippen LogP contribution in [0.15, 0.2) is 42.5 Å². The van der Waals surface area contributed by atoms with E-state index < -0.39 is 0 Å². The minimum atomic E-state index is -0.171. The van der Waals surface area contributed by atoms with Crippen molar-refractivity contribution >= 4 is 11.7 Å². The zero-order chi connectivity index (χ0) is 25.3. The summed E-state index contributed by atoms with van der Waals surface area (Å²) in [6, 6.07) is 12.9. The summed E-state index contributed by atoms with van der Waals surface area (Å²) in [7, 11) is 4.80. The fourth-order valence-electron chi connectivity index (χ4n) is 3.48. The summed E-state index contributed by atoms with van der Waals surface area (Å²) >= 11 is 0. The van der Waals surface area contributed by atoms with Gasteiger partial charge in [-0.15, -0.1) is 0 Å². The summed E-state index contributed by atoms with van der Waals surface area (Å²) in [6.45, 7) is 4.53. The first-order valence-electron chi connectivity index (χ1n) is 12.2. The zero-order valence-electron chi connectivity index (χ0n) is 21.5. The first kappa shape index (κ1) is 28.3. The lowest BCUT2D eigenvalue weighted by Gasteiger charge is -2.24. The van der Waals surface area contributed by atoms with Crippen LogP contribution >= 0.6 is 0 Å². The van der Waals surface area contributed by atoms with Crippen molar-refractivity contribution in [1.82, 2.24) is 4.90 Å². The van der Waals surface area contributed by atoms with Crippen LogP contribution in [0.2, 0.25) is 0 Å². The molecule has 2 aromatic rings. The summed E-state index contributed by atoms with van der Waals surface area (Å²) in [5.41, 5.74) is 1.62. The molecular weight excluding hydrogens is 448 g/mol. The molecule has 0 saturated heterocycles. The standard InChI is InChI=1S/C27H40N2O6/c1-5-6-7-8-9-16-29(27(30)28-25-15-14-24(32-3)19-26(25)33-4)20-22-10-12-23(13-11-22)35-21-34-18-17-31-2/h10-15,19H,5-9,16-18,20-21H2,1-4H3,(H,28,30). The molecule has 35 heavy (non-hydrogen) atoms. The number of nitrogens with zero attached hydrogens (tertiary/aromatic N) is 1. The molecule has 0 aliphatic heterocycles. The molecule has 0 aliphatic carbocycles. The molecule has 2 amide bonds. The number of ether oxygens (including phenoxy) is 5. The predicted molar refractivity (Wildman–Crippen MR) is 137 cm³/mol. The fourth-order valence-corrected chi connectivity index (χ4v) is 3.48. The molecule has 2 aromatic carbocycles. The van der Waals surface area contributed by atoms with Gasteiger partial charge in [0.25, 0.3) is 0 Å². The van der Waals surface area contributed by atoms with Gasteiger partial charge in [-0.25, -0.2) is 4.79 Å². The maximum absolute atomic E-state index is 13.2. The van der Waals surface area contributed by atoms with Crippen LogP contribution in [0.1, 0.15) is 44.6 Å². The van der Waals surface area contributed by atoms with Crippen molar-refractivity contribution in [2.45, 2.75) is 45.6 Å². The van der Waals surface area contributed by atoms with Crippen molar-refractivity contribution in [2.24, 2.45) is 0 Å². The van der Waals surface area contributed by atoms with Gasteiger partial charge in [-0.2, -0.15) is 0 Å². The van der Waals surface area contributed by atoms with Crippen molar-refractivity contribution in [1.29, 1.82) is 0 Å². The lowest BCUT2D eigenvalue weighted by Crippen LogP contribution is -2.35. The van der Waals surface area contributed by atoms with Gasteiger partial charge in [0.2, 0.25) is 0 Å². The van der Waals surface area contributed by atoms with Gasteiger partial charge in [-0.05, 0) is 36.2 Å². The largest absolute Gasteiger partial charge is 0.497 e. The summed E-state index contributed by atoms with van der Waals surface area (Å²) < 4.78 is 26.6. The lowest BCUT2D eigenvalue weighted by molar-refractivity contribution is -0.00847. The van der Waals surface area contributed by atoms with Gasteiger partial charge in [0.15, 0.2) is 6.79 Å². The maximum atomic E-state index is 13.2. The molecule has 8 heteroatoms. The maximum Gasteiger partial charge on any atom is 0.322 e. The molecule has 194 valence electrons. The van der Waals surface area contributed by atoms with Crippen molar-refractivity contribution in [3.8, 4) is 17.2 Å². The number of rotatable bonds is 17. The Bertz CT molecular complexity index is 859. The molecule has 0 heterocycles. The van der Waals surface area contributed by atoms with Crippen molar-refractivity contribution in [2.75, 3.05) is 53.2 Å². The highest BCUT2D eigenvalue weighted by molar-refractivity contribution is 5.91. The van der Waals surface area contributed by atoms with E-state index in [9.17, 15) is 4.79 Å². The number of hydrogen-bond acceptors (Lipinski definition) is 6. The Labute approximate surface area is 209 Å². The molecule has 0 aliphatic rings. The predicted octanol–water partition coefficient (Wildman–Crippen LogP) is 5.71. The molecule has 0 bridgehead atoms. The van der Waals surface area contributed by atoms with Crippen LogP contribution in [0.5, 0.6) is 17.2 Å². The van der Waals surface area contributed by atoms with Gasteiger partial charge in [-0.1, -0.05) is 44.7 Å². The average Bonchev–Trinajstić information content (AvgIpc) is 2.88. The molecule has 0 fully saturated rings. The van der Waals surface area contributed by atoms with E-state index in [1.54, 1.807) is 39.5 Å². The van der Waals surface area contributed by atoms with Crippen LogP contribution in [-0.4, -0.2) is 58.8 Å². The van der Waals surface area contributed by atoms with Crippen molar-refractivity contribution < 1.29 is 28.5 Å². The molecule has 0 radical (unpaired) electrons. The molecule has 8 nitrogen and oxygen atoms in total. The monoisotopic (exact) mass is 488 g/mol. The van der Waals surface area contributed by atoms with E-state index in [2.05, 4.69) is 12.2 Å². The van der Waals surface area contributed by atoms with E-state index in [0.29, 0.717) is 49.2 Å².